The molecule has 0 bridgehead atoms. The molecule has 0 aliphatic rings. The van der Waals surface area contributed by atoms with Crippen LogP contribution in [-0.4, -0.2) is 95.9 Å². The van der Waals surface area contributed by atoms with Crippen LogP contribution < -0.4 is 10.2 Å². The standard InChI is InChI=1S/C28H34N8O11S4/c1-19-23(18-29)28(36(2)12-15-48(37)16-14-47-51(43,44)45)31-27(30-11-4-13-46-3)26(19)35-34-24-10-7-21(17-25(24)50(40,41)42)33-32-20-5-8-22(9-6-20)49(38)39/h5-10,17H,4,11-16H2,1-3H3,(H,30,31)(H,38,39)(H,40,41,42)(H,43,44,45). The second-order valence-corrected chi connectivity index (χ2v) is 15.5. The van der Waals surface area contributed by atoms with Crippen molar-refractivity contribution in [2.75, 3.05) is 62.2 Å². The third-order valence-electron chi connectivity index (χ3n) is 6.68. The number of hydrogen-bond donors (Lipinski definition) is 4. The topological polar surface area (TPSA) is 283 Å². The maximum absolute atomic E-state index is 12.4. The van der Waals surface area contributed by atoms with E-state index in [1.165, 1.54) is 43.5 Å². The summed E-state index contributed by atoms with van der Waals surface area (Å²) in [5, 5.41) is 29.4. The number of nitriles is 1. The zero-order valence-corrected chi connectivity index (χ0v) is 30.6. The molecule has 0 radical (unpaired) electrons. The van der Waals surface area contributed by atoms with Crippen LogP contribution in [0, 0.1) is 18.3 Å². The summed E-state index contributed by atoms with van der Waals surface area (Å²) in [6.45, 7) is 1.99. The highest BCUT2D eigenvalue weighted by Crippen LogP contribution is 2.37. The lowest BCUT2D eigenvalue weighted by Crippen LogP contribution is -2.27. The molecule has 276 valence electrons. The lowest BCUT2D eigenvalue weighted by atomic mass is 10.1. The van der Waals surface area contributed by atoms with Crippen molar-refractivity contribution in [1.29, 1.82) is 5.26 Å². The highest BCUT2D eigenvalue weighted by molar-refractivity contribution is 7.86. The number of rotatable bonds is 19. The van der Waals surface area contributed by atoms with Crippen LogP contribution in [0.2, 0.25) is 0 Å². The van der Waals surface area contributed by atoms with Gasteiger partial charge in [-0.25, -0.2) is 13.4 Å². The van der Waals surface area contributed by atoms with Gasteiger partial charge in [0.1, 0.15) is 28.2 Å². The van der Waals surface area contributed by atoms with E-state index in [0.29, 0.717) is 30.8 Å². The van der Waals surface area contributed by atoms with Crippen molar-refractivity contribution in [2.24, 2.45) is 20.5 Å². The van der Waals surface area contributed by atoms with Crippen molar-refractivity contribution < 1.29 is 47.8 Å². The predicted octanol–water partition coefficient (Wildman–Crippen LogP) is 4.37. The molecule has 0 fully saturated rings. The van der Waals surface area contributed by atoms with Gasteiger partial charge in [-0.15, -0.1) is 10.2 Å². The summed E-state index contributed by atoms with van der Waals surface area (Å²) in [5.74, 6) is 0.240. The number of benzene rings is 2. The van der Waals surface area contributed by atoms with Gasteiger partial charge in [0.25, 0.3) is 10.1 Å². The third kappa shape index (κ3) is 12.9. The van der Waals surface area contributed by atoms with Crippen LogP contribution in [0.5, 0.6) is 0 Å². The summed E-state index contributed by atoms with van der Waals surface area (Å²) in [5.41, 5.74) is 0.542. The highest BCUT2D eigenvalue weighted by atomic mass is 32.3. The Morgan fingerprint density at radius 2 is 1.65 bits per heavy atom. The summed E-state index contributed by atoms with van der Waals surface area (Å²) in [4.78, 5) is 5.66. The number of nitrogens with one attached hydrogen (secondary N) is 1. The van der Waals surface area contributed by atoms with Crippen LogP contribution in [0.4, 0.5) is 34.4 Å². The molecule has 0 saturated heterocycles. The van der Waals surface area contributed by atoms with Crippen LogP contribution in [0.3, 0.4) is 0 Å². The van der Waals surface area contributed by atoms with Gasteiger partial charge < -0.3 is 19.5 Å². The SMILES string of the molecule is COCCCNc1nc(N(C)CCS(=O)CCOS(=O)(=O)O)c(C#N)c(C)c1N=Nc1ccc(N=Nc2ccc(S(=O)O)cc2)cc1S(=O)(=O)O. The molecular formula is C28H34N8O11S4. The van der Waals surface area contributed by atoms with E-state index in [0.717, 1.165) is 6.07 Å². The van der Waals surface area contributed by atoms with E-state index in [9.17, 15) is 35.1 Å². The van der Waals surface area contributed by atoms with E-state index < -0.39 is 53.9 Å². The summed E-state index contributed by atoms with van der Waals surface area (Å²) >= 11 is -2.18. The normalized spacial score (nSPS) is 13.4. The molecule has 2 aromatic carbocycles. The zero-order valence-electron chi connectivity index (χ0n) is 27.4. The minimum absolute atomic E-state index is 0.0285. The molecule has 2 atom stereocenters. The molecule has 0 saturated carbocycles. The monoisotopic (exact) mass is 786 g/mol. The van der Waals surface area contributed by atoms with E-state index in [1.54, 1.807) is 18.9 Å². The van der Waals surface area contributed by atoms with Crippen molar-refractivity contribution in [3.63, 3.8) is 0 Å². The molecule has 0 amide bonds. The van der Waals surface area contributed by atoms with Crippen LogP contribution in [0.15, 0.2) is 72.7 Å². The van der Waals surface area contributed by atoms with Gasteiger partial charge >= 0.3 is 10.4 Å². The number of hydrogen-bond acceptors (Lipinski definition) is 16. The van der Waals surface area contributed by atoms with E-state index in [1.807, 2.05) is 0 Å². The number of aromatic nitrogens is 1. The van der Waals surface area contributed by atoms with Crippen molar-refractivity contribution in [3.8, 4) is 6.07 Å². The van der Waals surface area contributed by atoms with Gasteiger partial charge in [0, 0.05) is 61.7 Å². The third-order valence-corrected chi connectivity index (χ3v) is 9.97. The molecule has 4 N–H and O–H groups in total. The van der Waals surface area contributed by atoms with Gasteiger partial charge in [0.05, 0.1) is 28.4 Å². The number of nitrogens with zero attached hydrogens (tertiary/aromatic N) is 7. The highest BCUT2D eigenvalue weighted by Gasteiger charge is 2.22. The van der Waals surface area contributed by atoms with Gasteiger partial charge in [-0.1, -0.05) is 0 Å². The Morgan fingerprint density at radius 3 is 2.25 bits per heavy atom. The Bertz CT molecular complexity index is 2070. The Labute approximate surface area is 299 Å². The second kappa shape index (κ2) is 18.9. The molecular weight excluding hydrogens is 753 g/mol. The van der Waals surface area contributed by atoms with E-state index in [2.05, 4.69) is 41.0 Å². The van der Waals surface area contributed by atoms with Crippen LogP contribution in [-0.2, 0) is 51.3 Å². The molecule has 51 heavy (non-hydrogen) atoms. The molecule has 19 nitrogen and oxygen atoms in total. The lowest BCUT2D eigenvalue weighted by molar-refractivity contribution is 0.198. The minimum Gasteiger partial charge on any atom is -0.385 e. The number of methoxy groups -OCH3 is 1. The second-order valence-electron chi connectivity index (χ2n) is 10.3. The molecule has 1 aromatic heterocycles. The average molecular weight is 787 g/mol. The number of pyridine rings is 1. The van der Waals surface area contributed by atoms with Gasteiger partial charge in [-0.3, -0.25) is 13.3 Å². The largest absolute Gasteiger partial charge is 0.397 e. The lowest BCUT2D eigenvalue weighted by Gasteiger charge is -2.22. The van der Waals surface area contributed by atoms with Gasteiger partial charge in [0.15, 0.2) is 16.9 Å². The Morgan fingerprint density at radius 1 is 0.980 bits per heavy atom. The van der Waals surface area contributed by atoms with Crippen molar-refractivity contribution >= 4 is 76.8 Å². The quantitative estimate of drug-likeness (QED) is 0.0568. The Balaban J connectivity index is 1.96. The summed E-state index contributed by atoms with van der Waals surface area (Å²) in [6.07, 6.45) is 0.553. The van der Waals surface area contributed by atoms with Gasteiger partial charge in [0.2, 0.25) is 0 Å². The van der Waals surface area contributed by atoms with Crippen molar-refractivity contribution in [1.82, 2.24) is 4.98 Å². The smallest absolute Gasteiger partial charge is 0.385 e. The zero-order chi connectivity index (χ0) is 37.8. The van der Waals surface area contributed by atoms with Gasteiger partial charge in [-0.05, 0) is 55.8 Å². The molecule has 0 spiro atoms. The summed E-state index contributed by atoms with van der Waals surface area (Å²) < 4.78 is 107. The summed E-state index contributed by atoms with van der Waals surface area (Å²) in [7, 11) is -7.92. The average Bonchev–Trinajstić information content (AvgIpc) is 3.07. The maximum Gasteiger partial charge on any atom is 0.397 e. The van der Waals surface area contributed by atoms with E-state index >= 15 is 0 Å². The van der Waals surface area contributed by atoms with Crippen molar-refractivity contribution in [3.05, 3.63) is 53.6 Å². The molecule has 1 heterocycles. The first-order valence-corrected chi connectivity index (χ1v) is 20.0. The minimum atomic E-state index is -4.85. The van der Waals surface area contributed by atoms with E-state index in [4.69, 9.17) is 13.8 Å². The first kappa shape index (κ1) is 41.3. The number of ether oxygens (including phenoxy) is 1. The Kier molecular flexibility index (Phi) is 15.3. The fourth-order valence-electron chi connectivity index (χ4n) is 4.14. The first-order valence-electron chi connectivity index (χ1n) is 14.6. The van der Waals surface area contributed by atoms with Crippen LogP contribution in [0.25, 0.3) is 0 Å². The van der Waals surface area contributed by atoms with Crippen LogP contribution >= 0.6 is 0 Å². The Hall–Kier alpha value is -4.12. The van der Waals surface area contributed by atoms with Gasteiger partial charge in [-0.2, -0.15) is 32.3 Å². The molecule has 3 rings (SSSR count). The molecule has 2 unspecified atom stereocenters. The van der Waals surface area contributed by atoms with Crippen molar-refractivity contribution in [2.45, 2.75) is 23.1 Å². The molecule has 3 aromatic rings. The fourth-order valence-corrected chi connectivity index (χ4v) is 6.50. The summed E-state index contributed by atoms with van der Waals surface area (Å²) in [6, 6.07) is 11.3. The fraction of sp³-hybridized carbons (Fsp3) is 0.357. The maximum atomic E-state index is 12.4. The molecule has 0 aliphatic carbocycles. The molecule has 0 aliphatic heterocycles. The van der Waals surface area contributed by atoms with E-state index in [-0.39, 0.29) is 57.2 Å². The predicted molar refractivity (Wildman–Crippen MR) is 187 cm³/mol. The van der Waals surface area contributed by atoms with Crippen LogP contribution in [0.1, 0.15) is 17.5 Å². The number of azo groups is 2. The number of anilines is 2. The molecule has 23 heteroatoms. The first-order chi connectivity index (χ1) is 24.0.